The van der Waals surface area contributed by atoms with Gasteiger partial charge >= 0.3 is 0 Å². The lowest BCUT2D eigenvalue weighted by Gasteiger charge is -2.22. The number of hydrogen-bond donors (Lipinski definition) is 1. The van der Waals surface area contributed by atoms with Crippen LogP contribution in [0.25, 0.3) is 0 Å². The van der Waals surface area contributed by atoms with Gasteiger partial charge in [0.1, 0.15) is 11.9 Å². The zero-order valence-corrected chi connectivity index (χ0v) is 11.6. The number of benzene rings is 1. The van der Waals surface area contributed by atoms with E-state index in [1.165, 1.54) is 31.2 Å². The van der Waals surface area contributed by atoms with Gasteiger partial charge in [0.25, 0.3) is 0 Å². The first-order chi connectivity index (χ1) is 8.83. The van der Waals surface area contributed by atoms with E-state index in [1.54, 1.807) is 0 Å². The Balaban J connectivity index is 1.90. The second-order valence-corrected chi connectivity index (χ2v) is 5.15. The van der Waals surface area contributed by atoms with Gasteiger partial charge in [-0.25, -0.2) is 0 Å². The fraction of sp³-hybridized carbons (Fsp3) is 0.625. The zero-order chi connectivity index (χ0) is 12.8. The van der Waals surface area contributed by atoms with Gasteiger partial charge in [-0.3, -0.25) is 0 Å². The lowest BCUT2D eigenvalue weighted by molar-refractivity contribution is 0.175. The highest BCUT2D eigenvalue weighted by atomic mass is 16.5. The first-order valence-electron chi connectivity index (χ1n) is 7.32. The molecule has 0 aliphatic heterocycles. The highest BCUT2D eigenvalue weighted by molar-refractivity contribution is 5.27. The van der Waals surface area contributed by atoms with Gasteiger partial charge in [0.2, 0.25) is 0 Å². The van der Waals surface area contributed by atoms with Crippen LogP contribution >= 0.6 is 0 Å². The van der Waals surface area contributed by atoms with Crippen molar-refractivity contribution < 1.29 is 4.74 Å². The summed E-state index contributed by atoms with van der Waals surface area (Å²) in [5.41, 5.74) is 1.37. The predicted molar refractivity (Wildman–Crippen MR) is 76.2 cm³/mol. The molecule has 2 rings (SSSR count). The summed E-state index contributed by atoms with van der Waals surface area (Å²) in [4.78, 5) is 0. The second-order valence-electron chi connectivity index (χ2n) is 5.15. The Bertz CT molecular complexity index is 347. The Morgan fingerprint density at radius 1 is 1.17 bits per heavy atom. The van der Waals surface area contributed by atoms with Crippen LogP contribution in [0.5, 0.6) is 5.75 Å². The van der Waals surface area contributed by atoms with Crippen LogP contribution in [0.3, 0.4) is 0 Å². The molecule has 1 aliphatic rings. The fourth-order valence-corrected chi connectivity index (χ4v) is 2.61. The Morgan fingerprint density at radius 3 is 2.61 bits per heavy atom. The van der Waals surface area contributed by atoms with Crippen LogP contribution in [0, 0.1) is 0 Å². The van der Waals surface area contributed by atoms with Crippen LogP contribution in [0.2, 0.25) is 0 Å². The van der Waals surface area contributed by atoms with Crippen LogP contribution in [0.1, 0.15) is 45.1 Å². The van der Waals surface area contributed by atoms with Crippen molar-refractivity contribution in [2.45, 2.75) is 58.1 Å². The molecule has 0 heterocycles. The van der Waals surface area contributed by atoms with Crippen LogP contribution < -0.4 is 10.1 Å². The Labute approximate surface area is 111 Å². The molecular formula is C16H25NO. The van der Waals surface area contributed by atoms with Crippen molar-refractivity contribution in [3.05, 3.63) is 29.8 Å². The van der Waals surface area contributed by atoms with Crippen molar-refractivity contribution >= 4 is 0 Å². The normalized spacial score (nSPS) is 23.2. The molecule has 100 valence electrons. The predicted octanol–water partition coefficient (Wildman–Crippen LogP) is 3.55. The van der Waals surface area contributed by atoms with Gasteiger partial charge < -0.3 is 10.1 Å². The van der Waals surface area contributed by atoms with Crippen LogP contribution in [0.15, 0.2) is 24.3 Å². The summed E-state index contributed by atoms with van der Waals surface area (Å²) in [6.07, 6.45) is 6.33. The quantitative estimate of drug-likeness (QED) is 0.830. The highest BCUT2D eigenvalue weighted by Gasteiger charge is 2.28. The largest absolute Gasteiger partial charge is 0.489 e. The molecule has 0 saturated heterocycles. The summed E-state index contributed by atoms with van der Waals surface area (Å²) in [6, 6.07) is 9.08. The van der Waals surface area contributed by atoms with E-state index < -0.39 is 0 Å². The minimum Gasteiger partial charge on any atom is -0.489 e. The topological polar surface area (TPSA) is 21.3 Å². The van der Waals surface area contributed by atoms with E-state index >= 15 is 0 Å². The van der Waals surface area contributed by atoms with Crippen molar-refractivity contribution in [3.63, 3.8) is 0 Å². The summed E-state index contributed by atoms with van der Waals surface area (Å²) in [7, 11) is 0. The van der Waals surface area contributed by atoms with E-state index in [1.807, 2.05) is 0 Å². The third kappa shape index (κ3) is 3.49. The zero-order valence-electron chi connectivity index (χ0n) is 11.6. The summed E-state index contributed by atoms with van der Waals surface area (Å²) in [5.74, 6) is 1.02. The molecule has 0 spiro atoms. The molecule has 1 aromatic rings. The van der Waals surface area contributed by atoms with Gasteiger partial charge in [-0.1, -0.05) is 26.0 Å². The smallest absolute Gasteiger partial charge is 0.119 e. The van der Waals surface area contributed by atoms with Crippen molar-refractivity contribution in [1.82, 2.24) is 5.32 Å². The monoisotopic (exact) mass is 247 g/mol. The number of nitrogens with one attached hydrogen (secondary N) is 1. The molecule has 2 heteroatoms. The SMILES string of the molecule is CCCNC1CCCC1Oc1ccc(CC)cc1. The van der Waals surface area contributed by atoms with Crippen molar-refractivity contribution in [3.8, 4) is 5.75 Å². The maximum Gasteiger partial charge on any atom is 0.119 e. The van der Waals surface area contributed by atoms with E-state index in [2.05, 4.69) is 43.4 Å². The minimum absolute atomic E-state index is 0.351. The Hall–Kier alpha value is -1.02. The molecule has 1 fully saturated rings. The van der Waals surface area contributed by atoms with E-state index in [9.17, 15) is 0 Å². The van der Waals surface area contributed by atoms with E-state index in [0.717, 1.165) is 18.7 Å². The number of aryl methyl sites for hydroxylation is 1. The lowest BCUT2D eigenvalue weighted by atomic mass is 10.1. The molecule has 2 nitrogen and oxygen atoms in total. The molecule has 2 atom stereocenters. The maximum atomic E-state index is 6.12. The molecule has 1 aliphatic carbocycles. The summed E-state index contributed by atoms with van der Waals surface area (Å²) < 4.78 is 6.12. The van der Waals surface area contributed by atoms with Gasteiger partial charge in [0.15, 0.2) is 0 Å². The van der Waals surface area contributed by atoms with Crippen molar-refractivity contribution in [2.75, 3.05) is 6.54 Å². The van der Waals surface area contributed by atoms with Gasteiger partial charge in [-0.15, -0.1) is 0 Å². The standard InChI is InChI=1S/C16H25NO/c1-3-12-17-15-6-5-7-16(15)18-14-10-8-13(4-2)9-11-14/h8-11,15-17H,3-7,12H2,1-2H3. The third-order valence-corrected chi connectivity index (χ3v) is 3.73. The molecule has 18 heavy (non-hydrogen) atoms. The maximum absolute atomic E-state index is 6.12. The molecule has 1 saturated carbocycles. The highest BCUT2D eigenvalue weighted by Crippen LogP contribution is 2.25. The van der Waals surface area contributed by atoms with Crippen LogP contribution in [-0.4, -0.2) is 18.7 Å². The first kappa shape index (κ1) is 13.4. The molecule has 2 unspecified atom stereocenters. The van der Waals surface area contributed by atoms with Gasteiger partial charge in [0.05, 0.1) is 0 Å². The lowest BCUT2D eigenvalue weighted by Crippen LogP contribution is -2.39. The number of ether oxygens (including phenoxy) is 1. The van der Waals surface area contributed by atoms with Crippen molar-refractivity contribution in [1.29, 1.82) is 0 Å². The number of rotatable bonds is 6. The summed E-state index contributed by atoms with van der Waals surface area (Å²) in [6.45, 7) is 5.48. The molecule has 1 N–H and O–H groups in total. The van der Waals surface area contributed by atoms with Gasteiger partial charge in [-0.05, 0) is 56.3 Å². The molecule has 0 aromatic heterocycles. The first-order valence-corrected chi connectivity index (χ1v) is 7.32. The van der Waals surface area contributed by atoms with E-state index in [-0.39, 0.29) is 0 Å². The van der Waals surface area contributed by atoms with Crippen LogP contribution in [0.4, 0.5) is 0 Å². The molecule has 0 amide bonds. The average Bonchev–Trinajstić information content (AvgIpc) is 2.84. The van der Waals surface area contributed by atoms with E-state index in [4.69, 9.17) is 4.74 Å². The van der Waals surface area contributed by atoms with Gasteiger partial charge in [-0.2, -0.15) is 0 Å². The summed E-state index contributed by atoms with van der Waals surface area (Å²) >= 11 is 0. The minimum atomic E-state index is 0.351. The fourth-order valence-electron chi connectivity index (χ4n) is 2.61. The molecule has 0 bridgehead atoms. The summed E-state index contributed by atoms with van der Waals surface area (Å²) in [5, 5.41) is 3.60. The van der Waals surface area contributed by atoms with E-state index in [0.29, 0.717) is 12.1 Å². The average molecular weight is 247 g/mol. The Kier molecular flexibility index (Phi) is 5.06. The number of hydrogen-bond acceptors (Lipinski definition) is 2. The molecule has 0 radical (unpaired) electrons. The van der Waals surface area contributed by atoms with Gasteiger partial charge in [0, 0.05) is 6.04 Å². The van der Waals surface area contributed by atoms with Crippen LogP contribution in [-0.2, 0) is 6.42 Å². The molecule has 1 aromatic carbocycles. The second kappa shape index (κ2) is 6.79. The molecular weight excluding hydrogens is 222 g/mol. The van der Waals surface area contributed by atoms with Crippen molar-refractivity contribution in [2.24, 2.45) is 0 Å². The third-order valence-electron chi connectivity index (χ3n) is 3.73. The Morgan fingerprint density at radius 2 is 1.94 bits per heavy atom.